The summed E-state index contributed by atoms with van der Waals surface area (Å²) in [6.07, 6.45) is 8.22. The molecule has 3 aliphatic rings. The third kappa shape index (κ3) is 7.25. The van der Waals surface area contributed by atoms with Crippen molar-refractivity contribution >= 4 is 32.6 Å². The number of anilines is 2. The van der Waals surface area contributed by atoms with Gasteiger partial charge in [0.15, 0.2) is 0 Å². The van der Waals surface area contributed by atoms with Crippen molar-refractivity contribution < 1.29 is 29.5 Å². The maximum Gasteiger partial charge on any atom is 4.00 e. The van der Waals surface area contributed by atoms with Crippen LogP contribution in [0.5, 0.6) is 0 Å². The maximum atomic E-state index is 12.2. The Kier molecular flexibility index (Phi) is 10.3. The van der Waals surface area contributed by atoms with Crippen molar-refractivity contribution in [2.24, 2.45) is 0 Å². The van der Waals surface area contributed by atoms with E-state index in [1.54, 1.807) is 48.5 Å². The van der Waals surface area contributed by atoms with Crippen LogP contribution in [0.2, 0.25) is 0 Å². The second-order valence-corrected chi connectivity index (χ2v) is 14.5. The molecule has 0 atom stereocenters. The van der Waals surface area contributed by atoms with Crippen LogP contribution >= 0.6 is 0 Å². The molecule has 53 heavy (non-hydrogen) atoms. The van der Waals surface area contributed by atoms with Gasteiger partial charge < -0.3 is 24.9 Å². The number of sulfone groups is 1. The molecule has 0 aromatic heterocycles. The van der Waals surface area contributed by atoms with Crippen LogP contribution < -0.4 is 9.80 Å². The summed E-state index contributed by atoms with van der Waals surface area (Å²) < 4.78 is 24.5. The molecular weight excluding hydrogens is 858 g/mol. The van der Waals surface area contributed by atoms with E-state index in [4.69, 9.17) is 0 Å². The van der Waals surface area contributed by atoms with Gasteiger partial charge in [-0.2, -0.15) is 13.3 Å². The fourth-order valence-corrected chi connectivity index (χ4v) is 8.06. The molecule has 0 N–H and O–H groups in total. The van der Waals surface area contributed by atoms with Crippen molar-refractivity contribution in [3.05, 3.63) is 189 Å². The molecule has 9 heteroatoms. The van der Waals surface area contributed by atoms with E-state index < -0.39 is 9.84 Å². The van der Waals surface area contributed by atoms with Crippen LogP contribution in [-0.2, 0) is 30.9 Å². The molecule has 0 bridgehead atoms. The number of nitrogens with zero attached hydrogens (tertiary/aromatic N) is 5. The number of fused-ring (bicyclic) bond motifs is 2. The normalized spacial score (nSPS) is 14.8. The Morgan fingerprint density at radius 1 is 0.528 bits per heavy atom. The second kappa shape index (κ2) is 15.2. The van der Waals surface area contributed by atoms with Crippen molar-refractivity contribution in [3.63, 3.8) is 0 Å². The van der Waals surface area contributed by atoms with Crippen molar-refractivity contribution in [1.82, 2.24) is 9.80 Å². The minimum absolute atomic E-state index is 0. The van der Waals surface area contributed by atoms with Crippen molar-refractivity contribution in [3.8, 4) is 33.4 Å². The Morgan fingerprint density at radius 3 is 1.40 bits per heavy atom. The Balaban J connectivity index is 0.000000214. The number of hydrogen-bond donors (Lipinski definition) is 0. The van der Waals surface area contributed by atoms with Crippen LogP contribution in [0.3, 0.4) is 0 Å². The van der Waals surface area contributed by atoms with Crippen molar-refractivity contribution in [1.29, 1.82) is 0 Å². The Labute approximate surface area is 326 Å². The van der Waals surface area contributed by atoms with Crippen LogP contribution in [0, 0.1) is 19.4 Å². The fourth-order valence-electron chi connectivity index (χ4n) is 6.53. The zero-order valence-electron chi connectivity index (χ0n) is 29.0. The van der Waals surface area contributed by atoms with Crippen LogP contribution in [0.1, 0.15) is 0 Å². The number of rotatable bonds is 5. The molecule has 0 amide bonds. The van der Waals surface area contributed by atoms with E-state index in [0.29, 0.717) is 11.4 Å². The molecule has 0 spiro atoms. The molecule has 0 saturated carbocycles. The summed E-state index contributed by atoms with van der Waals surface area (Å²) in [4.78, 5) is 8.89. The van der Waals surface area contributed by atoms with Gasteiger partial charge in [0.05, 0.1) is 9.79 Å². The van der Waals surface area contributed by atoms with E-state index >= 15 is 0 Å². The van der Waals surface area contributed by atoms with Crippen LogP contribution in [0.15, 0.2) is 174 Å². The average Bonchev–Trinajstić information content (AvgIpc) is 3.83. The molecule has 0 saturated heterocycles. The quantitative estimate of drug-likeness (QED) is 0.161. The first-order valence-corrected chi connectivity index (χ1v) is 18.4. The van der Waals surface area contributed by atoms with E-state index in [-0.39, 0.29) is 30.9 Å². The molecule has 7 nitrogen and oxygen atoms in total. The van der Waals surface area contributed by atoms with E-state index in [9.17, 15) is 8.42 Å². The number of hydrogen-bond acceptors (Lipinski definition) is 6. The molecule has 6 aromatic carbocycles. The van der Waals surface area contributed by atoms with Crippen molar-refractivity contribution in [2.75, 3.05) is 23.9 Å². The molecular formula is C44H35N5O2PtS. The van der Waals surface area contributed by atoms with Crippen LogP contribution in [-0.4, -0.2) is 32.3 Å². The van der Waals surface area contributed by atoms with Gasteiger partial charge in [-0.15, -0.1) is 46.5 Å². The zero-order chi connectivity index (χ0) is 35.7. The minimum atomic E-state index is -3.40. The van der Waals surface area contributed by atoms with Gasteiger partial charge in [-0.05, 0) is 78.8 Å². The molecule has 6 aromatic rings. The summed E-state index contributed by atoms with van der Waals surface area (Å²) in [5, 5.41) is 4.33. The van der Waals surface area contributed by atoms with E-state index in [0.717, 1.165) is 16.9 Å². The van der Waals surface area contributed by atoms with Crippen molar-refractivity contribution in [2.45, 2.75) is 9.79 Å². The zero-order valence-corrected chi connectivity index (χ0v) is 32.1. The average molecular weight is 893 g/mol. The predicted molar refractivity (Wildman–Crippen MR) is 210 cm³/mol. The fraction of sp³-hybridized carbons (Fsp3) is 0.0455. The third-order valence-electron chi connectivity index (χ3n) is 9.01. The Hall–Kier alpha value is -5.56. The number of benzene rings is 6. The second-order valence-electron chi connectivity index (χ2n) is 12.6. The number of para-hydroxylation sites is 2. The first-order chi connectivity index (χ1) is 25.3. The third-order valence-corrected chi connectivity index (χ3v) is 10.9. The summed E-state index contributed by atoms with van der Waals surface area (Å²) in [6.45, 7) is 4.13. The SMILES string of the molecule is CN1C=CN(c2[c-]c(N3C=CN(C)[CH-]3)cc(-c3c(-c4ccccc4)cccc3-c3ccccc3)c2)[CH-]1.O=S1(=O)c2ccccc2[N-]c2ccccc21.[Pt+4]. The largest absolute Gasteiger partial charge is 4.00 e. The Bertz CT molecular complexity index is 2270. The predicted octanol–water partition coefficient (Wildman–Crippen LogP) is 10.3. The monoisotopic (exact) mass is 892 g/mol. The standard InChI is InChI=1S/C32H27N4.C12H8NO2S.Pt/c1-33-16-18-35(23-33)28-20-27(21-29(22-28)36-19-17-34(2)24-36)32-30(25-10-5-3-6-11-25)14-9-15-31(32)26-12-7-4-8-13-26;14-16(15)11-7-3-1-5-9(11)13-10-6-2-4-8-12(10)16;/h3-21,23-24H,1-2H3;1-8H;/q-3;-1;+4. The molecule has 0 radical (unpaired) electrons. The molecule has 264 valence electrons. The molecule has 3 aliphatic heterocycles. The minimum Gasteiger partial charge on any atom is -0.656 e. The maximum absolute atomic E-state index is 12.2. The van der Waals surface area contributed by atoms with Gasteiger partial charge in [0.25, 0.3) is 0 Å². The van der Waals surface area contributed by atoms with Crippen LogP contribution in [0.25, 0.3) is 38.7 Å². The van der Waals surface area contributed by atoms with Gasteiger partial charge in [0, 0.05) is 0 Å². The van der Waals surface area contributed by atoms with Gasteiger partial charge in [-0.3, -0.25) is 0 Å². The molecule has 0 aliphatic carbocycles. The summed E-state index contributed by atoms with van der Waals surface area (Å²) in [7, 11) is 0.671. The molecule has 3 heterocycles. The summed E-state index contributed by atoms with van der Waals surface area (Å²) >= 11 is 0. The van der Waals surface area contributed by atoms with Crippen LogP contribution in [0.4, 0.5) is 22.7 Å². The molecule has 0 unspecified atom stereocenters. The Morgan fingerprint density at radius 2 is 0.962 bits per heavy atom. The summed E-state index contributed by atoms with van der Waals surface area (Å²) in [6, 6.07) is 49.5. The van der Waals surface area contributed by atoms with Gasteiger partial charge in [0.2, 0.25) is 9.84 Å². The van der Waals surface area contributed by atoms with E-state index in [1.165, 1.54) is 27.8 Å². The van der Waals surface area contributed by atoms with E-state index in [2.05, 4.69) is 138 Å². The van der Waals surface area contributed by atoms with Gasteiger partial charge >= 0.3 is 21.1 Å². The topological polar surface area (TPSA) is 61.2 Å². The molecule has 0 fully saturated rings. The van der Waals surface area contributed by atoms with Gasteiger partial charge in [0.1, 0.15) is 0 Å². The molecule has 9 rings (SSSR count). The van der Waals surface area contributed by atoms with E-state index in [1.807, 2.05) is 36.3 Å². The first kappa shape index (κ1) is 35.8. The van der Waals surface area contributed by atoms with Gasteiger partial charge in [-0.1, -0.05) is 115 Å². The summed E-state index contributed by atoms with van der Waals surface area (Å²) in [5.74, 6) is 0. The van der Waals surface area contributed by atoms with Gasteiger partial charge in [-0.25, -0.2) is 8.42 Å². The smallest absolute Gasteiger partial charge is 0.656 e. The summed E-state index contributed by atoms with van der Waals surface area (Å²) in [5.41, 5.74) is 10.2. The first-order valence-electron chi connectivity index (χ1n) is 16.9.